The van der Waals surface area contributed by atoms with Crippen LogP contribution in [0.3, 0.4) is 0 Å². The number of pyridine rings is 1. The number of aromatic nitrogens is 3. The highest BCUT2D eigenvalue weighted by atomic mass is 79.9. The molecular weight excluding hydrogens is 362 g/mol. The molecule has 0 fully saturated rings. The molecule has 0 aliphatic heterocycles. The van der Waals surface area contributed by atoms with Crippen LogP contribution >= 0.6 is 15.9 Å². The molecule has 21 heavy (non-hydrogen) atoms. The van der Waals surface area contributed by atoms with Crippen molar-refractivity contribution in [2.75, 3.05) is 16.6 Å². The van der Waals surface area contributed by atoms with Gasteiger partial charge in [-0.1, -0.05) is 0 Å². The van der Waals surface area contributed by atoms with Gasteiger partial charge in [-0.15, -0.1) is 0 Å². The minimum Gasteiger partial charge on any atom is -0.369 e. The molecule has 3 N–H and O–H groups in total. The fourth-order valence-electron chi connectivity index (χ4n) is 1.52. The van der Waals surface area contributed by atoms with E-state index in [-0.39, 0.29) is 16.5 Å². The van der Waals surface area contributed by atoms with Gasteiger partial charge in [-0.25, -0.2) is 18.5 Å². The van der Waals surface area contributed by atoms with Gasteiger partial charge in [-0.05, 0) is 35.0 Å². The van der Waals surface area contributed by atoms with Crippen molar-refractivity contribution in [2.24, 2.45) is 0 Å². The lowest BCUT2D eigenvalue weighted by molar-refractivity contribution is 0.600. The van der Waals surface area contributed by atoms with Crippen molar-refractivity contribution in [1.82, 2.24) is 15.2 Å². The van der Waals surface area contributed by atoms with E-state index in [1.807, 2.05) is 6.92 Å². The minimum absolute atomic E-state index is 0.0111. The third-order valence-electron chi connectivity index (χ3n) is 2.37. The molecule has 2 aromatic rings. The van der Waals surface area contributed by atoms with Crippen molar-refractivity contribution in [3.05, 3.63) is 39.2 Å². The molecule has 0 bridgehead atoms. The van der Waals surface area contributed by atoms with Crippen LogP contribution in [-0.4, -0.2) is 30.1 Å². The van der Waals surface area contributed by atoms with Crippen LogP contribution in [0.2, 0.25) is 0 Å². The molecule has 0 saturated carbocycles. The van der Waals surface area contributed by atoms with E-state index < -0.39 is 15.6 Å². The minimum atomic E-state index is -3.89. The normalized spacial score (nSPS) is 11.1. The van der Waals surface area contributed by atoms with Crippen LogP contribution in [0.5, 0.6) is 0 Å². The fourth-order valence-corrected chi connectivity index (χ4v) is 3.16. The molecule has 0 unspecified atom stereocenters. The van der Waals surface area contributed by atoms with Gasteiger partial charge >= 0.3 is 0 Å². The molecule has 0 aliphatic carbocycles. The average molecular weight is 374 g/mol. The number of rotatable bonds is 5. The zero-order valence-electron chi connectivity index (χ0n) is 10.9. The number of nitrogens with zero attached hydrogens (tertiary/aromatic N) is 2. The summed E-state index contributed by atoms with van der Waals surface area (Å²) >= 11 is 3.19. The standard InChI is InChI=1S/C11H12BrN5O3S/c1-2-13-11-8(5-7(12)6-14-11)21(19,20)17-9-3-4-10(18)16-15-9/h3-6H,2H2,1H3,(H,13,14)(H,15,17)(H,16,18). The SMILES string of the molecule is CCNc1ncc(Br)cc1S(=O)(=O)Nc1ccc(=O)[nH]n1. The highest BCUT2D eigenvalue weighted by Crippen LogP contribution is 2.24. The maximum absolute atomic E-state index is 12.4. The predicted molar refractivity (Wildman–Crippen MR) is 81.8 cm³/mol. The van der Waals surface area contributed by atoms with Crippen molar-refractivity contribution in [3.8, 4) is 0 Å². The van der Waals surface area contributed by atoms with E-state index in [2.05, 4.69) is 41.2 Å². The van der Waals surface area contributed by atoms with E-state index in [9.17, 15) is 13.2 Å². The Morgan fingerprint density at radius 3 is 2.76 bits per heavy atom. The third-order valence-corrected chi connectivity index (χ3v) is 4.17. The number of hydrogen-bond donors (Lipinski definition) is 3. The molecule has 2 rings (SSSR count). The first-order chi connectivity index (χ1) is 9.92. The van der Waals surface area contributed by atoms with Crippen LogP contribution in [0.25, 0.3) is 0 Å². The smallest absolute Gasteiger partial charge is 0.266 e. The molecule has 0 aliphatic rings. The van der Waals surface area contributed by atoms with Crippen LogP contribution in [0.1, 0.15) is 6.92 Å². The van der Waals surface area contributed by atoms with E-state index in [4.69, 9.17) is 0 Å². The van der Waals surface area contributed by atoms with Crippen LogP contribution in [0, 0.1) is 0 Å². The first kappa shape index (κ1) is 15.4. The molecule has 2 heterocycles. The molecule has 112 valence electrons. The molecule has 8 nitrogen and oxygen atoms in total. The monoisotopic (exact) mass is 373 g/mol. The second kappa shape index (κ2) is 6.22. The number of hydrogen-bond acceptors (Lipinski definition) is 6. The maximum atomic E-state index is 12.4. The first-order valence-electron chi connectivity index (χ1n) is 5.90. The van der Waals surface area contributed by atoms with Crippen LogP contribution < -0.4 is 15.6 Å². The predicted octanol–water partition coefficient (Wildman–Crippen LogP) is 1.16. The summed E-state index contributed by atoms with van der Waals surface area (Å²) in [5.74, 6) is 0.245. The van der Waals surface area contributed by atoms with Crippen LogP contribution in [-0.2, 0) is 10.0 Å². The average Bonchev–Trinajstić information content (AvgIpc) is 2.43. The molecule has 0 spiro atoms. The zero-order valence-corrected chi connectivity index (χ0v) is 13.3. The Bertz CT molecular complexity index is 785. The molecule has 10 heteroatoms. The Morgan fingerprint density at radius 2 is 2.14 bits per heavy atom. The van der Waals surface area contributed by atoms with Gasteiger partial charge in [-0.3, -0.25) is 9.52 Å². The number of halogens is 1. The van der Waals surface area contributed by atoms with Gasteiger partial charge in [0.25, 0.3) is 15.6 Å². The van der Waals surface area contributed by atoms with E-state index in [1.54, 1.807) is 0 Å². The second-order valence-corrected chi connectivity index (χ2v) is 6.51. The maximum Gasteiger partial charge on any atom is 0.266 e. The van der Waals surface area contributed by atoms with Crippen molar-refractivity contribution >= 4 is 37.6 Å². The molecular formula is C11H12BrN5O3S. The second-order valence-electron chi connectivity index (χ2n) is 3.94. The lowest BCUT2D eigenvalue weighted by Crippen LogP contribution is -2.18. The van der Waals surface area contributed by atoms with Gasteiger partial charge in [-0.2, -0.15) is 5.10 Å². The summed E-state index contributed by atoms with van der Waals surface area (Å²) in [7, 11) is -3.89. The summed E-state index contributed by atoms with van der Waals surface area (Å²) in [6.07, 6.45) is 1.50. The molecule has 0 atom stereocenters. The van der Waals surface area contributed by atoms with E-state index >= 15 is 0 Å². The highest BCUT2D eigenvalue weighted by molar-refractivity contribution is 9.10. The lowest BCUT2D eigenvalue weighted by Gasteiger charge is -2.11. The Balaban J connectivity index is 2.41. The van der Waals surface area contributed by atoms with Crippen molar-refractivity contribution in [1.29, 1.82) is 0 Å². The molecule has 2 aromatic heterocycles. The number of aromatic amines is 1. The summed E-state index contributed by atoms with van der Waals surface area (Å²) in [6.45, 7) is 2.35. The van der Waals surface area contributed by atoms with Gasteiger partial charge in [0.2, 0.25) is 0 Å². The summed E-state index contributed by atoms with van der Waals surface area (Å²) in [6, 6.07) is 3.88. The van der Waals surface area contributed by atoms with Crippen molar-refractivity contribution < 1.29 is 8.42 Å². The van der Waals surface area contributed by atoms with Gasteiger partial charge in [0.15, 0.2) is 5.82 Å². The highest BCUT2D eigenvalue weighted by Gasteiger charge is 2.21. The summed E-state index contributed by atoms with van der Waals surface area (Å²) in [4.78, 5) is 14.9. The lowest BCUT2D eigenvalue weighted by atomic mass is 10.4. The fraction of sp³-hybridized carbons (Fsp3) is 0.182. The van der Waals surface area contributed by atoms with Crippen molar-refractivity contribution in [3.63, 3.8) is 0 Å². The zero-order chi connectivity index (χ0) is 15.5. The van der Waals surface area contributed by atoms with Gasteiger partial charge in [0, 0.05) is 23.3 Å². The molecule has 0 saturated heterocycles. The Kier molecular flexibility index (Phi) is 4.58. The van der Waals surface area contributed by atoms with Gasteiger partial charge in [0.05, 0.1) is 0 Å². The van der Waals surface area contributed by atoms with E-state index in [0.717, 1.165) is 0 Å². The number of nitrogens with one attached hydrogen (secondary N) is 3. The third kappa shape index (κ3) is 3.79. The quantitative estimate of drug-likeness (QED) is 0.723. The van der Waals surface area contributed by atoms with E-state index in [1.165, 1.54) is 24.4 Å². The molecule has 0 amide bonds. The van der Waals surface area contributed by atoms with Gasteiger partial charge < -0.3 is 5.32 Å². The van der Waals surface area contributed by atoms with Crippen molar-refractivity contribution in [2.45, 2.75) is 11.8 Å². The summed E-state index contributed by atoms with van der Waals surface area (Å²) in [5.41, 5.74) is -0.421. The van der Waals surface area contributed by atoms with Crippen LogP contribution in [0.4, 0.5) is 11.6 Å². The van der Waals surface area contributed by atoms with E-state index in [0.29, 0.717) is 11.0 Å². The summed E-state index contributed by atoms with van der Waals surface area (Å²) < 4.78 is 27.6. The number of sulfonamides is 1. The Labute approximate surface area is 129 Å². The number of H-pyrrole nitrogens is 1. The largest absolute Gasteiger partial charge is 0.369 e. The summed E-state index contributed by atoms with van der Waals surface area (Å²) in [5, 5.41) is 8.63. The first-order valence-corrected chi connectivity index (χ1v) is 8.18. The van der Waals surface area contributed by atoms with Crippen LogP contribution in [0.15, 0.2) is 38.6 Å². The Morgan fingerprint density at radius 1 is 1.38 bits per heavy atom. The number of anilines is 2. The topological polar surface area (TPSA) is 117 Å². The Hall–Kier alpha value is -1.94. The molecule has 0 aromatic carbocycles. The van der Waals surface area contributed by atoms with Gasteiger partial charge in [0.1, 0.15) is 10.7 Å². The molecule has 0 radical (unpaired) electrons.